The highest BCUT2D eigenvalue weighted by atomic mass is 16.4. The summed E-state index contributed by atoms with van der Waals surface area (Å²) in [6.45, 7) is 2.71. The molecule has 1 aliphatic carbocycles. The van der Waals surface area contributed by atoms with Gasteiger partial charge in [-0.3, -0.25) is 4.68 Å². The fourth-order valence-electron chi connectivity index (χ4n) is 2.84. The van der Waals surface area contributed by atoms with Crippen molar-refractivity contribution in [1.29, 1.82) is 0 Å². The molecule has 1 aromatic carbocycles. The summed E-state index contributed by atoms with van der Waals surface area (Å²) >= 11 is 0. The predicted octanol–water partition coefficient (Wildman–Crippen LogP) is 2.82. The van der Waals surface area contributed by atoms with Gasteiger partial charge in [-0.15, -0.1) is 0 Å². The number of hydrogen-bond acceptors (Lipinski definition) is 2. The third-order valence-electron chi connectivity index (χ3n) is 3.91. The lowest BCUT2D eigenvalue weighted by atomic mass is 9.95. The standard InChI is InChI=1S/C16H18N2O2/c1-11-6-8-12(9-7-11)10-18-14-5-3-2-4-13(14)15(17-18)16(19)20/h6-9H,2-5,10H2,1H3,(H,19,20). The fraction of sp³-hybridized carbons (Fsp3) is 0.375. The third-order valence-corrected chi connectivity index (χ3v) is 3.91. The number of aromatic nitrogens is 2. The topological polar surface area (TPSA) is 55.1 Å². The second kappa shape index (κ2) is 5.12. The molecule has 1 N–H and O–H groups in total. The fourth-order valence-corrected chi connectivity index (χ4v) is 2.84. The van der Waals surface area contributed by atoms with Crippen molar-refractivity contribution < 1.29 is 9.90 Å². The van der Waals surface area contributed by atoms with E-state index in [9.17, 15) is 9.90 Å². The molecule has 0 amide bonds. The largest absolute Gasteiger partial charge is 0.476 e. The van der Waals surface area contributed by atoms with Crippen molar-refractivity contribution in [3.05, 3.63) is 52.3 Å². The lowest BCUT2D eigenvalue weighted by molar-refractivity contribution is 0.0688. The van der Waals surface area contributed by atoms with E-state index in [4.69, 9.17) is 0 Å². The van der Waals surface area contributed by atoms with Crippen molar-refractivity contribution in [3.8, 4) is 0 Å². The monoisotopic (exact) mass is 270 g/mol. The SMILES string of the molecule is Cc1ccc(Cn2nc(C(=O)O)c3c2CCCC3)cc1. The van der Waals surface area contributed by atoms with Gasteiger partial charge in [0.2, 0.25) is 0 Å². The number of aromatic carboxylic acids is 1. The average molecular weight is 270 g/mol. The van der Waals surface area contributed by atoms with E-state index in [0.29, 0.717) is 6.54 Å². The molecule has 1 aliphatic rings. The second-order valence-electron chi connectivity index (χ2n) is 5.43. The Bertz CT molecular complexity index is 641. The summed E-state index contributed by atoms with van der Waals surface area (Å²) in [5.41, 5.74) is 4.67. The van der Waals surface area contributed by atoms with Gasteiger partial charge in [-0.25, -0.2) is 4.79 Å². The highest BCUT2D eigenvalue weighted by Gasteiger charge is 2.24. The zero-order valence-electron chi connectivity index (χ0n) is 11.6. The van der Waals surface area contributed by atoms with E-state index in [1.54, 1.807) is 0 Å². The van der Waals surface area contributed by atoms with Crippen LogP contribution in [0.25, 0.3) is 0 Å². The van der Waals surface area contributed by atoms with Crippen LogP contribution in [-0.2, 0) is 19.4 Å². The molecule has 0 saturated heterocycles. The van der Waals surface area contributed by atoms with Crippen molar-refractivity contribution in [1.82, 2.24) is 9.78 Å². The van der Waals surface area contributed by atoms with Gasteiger partial charge in [0.15, 0.2) is 5.69 Å². The van der Waals surface area contributed by atoms with Crippen LogP contribution in [0, 0.1) is 6.92 Å². The van der Waals surface area contributed by atoms with Crippen LogP contribution < -0.4 is 0 Å². The van der Waals surface area contributed by atoms with Crippen molar-refractivity contribution >= 4 is 5.97 Å². The summed E-state index contributed by atoms with van der Waals surface area (Å²) in [7, 11) is 0. The molecule has 1 heterocycles. The van der Waals surface area contributed by atoms with Gasteiger partial charge in [0.25, 0.3) is 0 Å². The maximum atomic E-state index is 11.3. The normalized spacial score (nSPS) is 14.1. The number of carboxylic acid groups (broad SMARTS) is 1. The number of aryl methyl sites for hydroxylation is 1. The van der Waals surface area contributed by atoms with E-state index < -0.39 is 5.97 Å². The smallest absolute Gasteiger partial charge is 0.356 e. The molecule has 0 fully saturated rings. The minimum atomic E-state index is -0.911. The van der Waals surface area contributed by atoms with Gasteiger partial charge in [0, 0.05) is 11.3 Å². The highest BCUT2D eigenvalue weighted by Crippen LogP contribution is 2.25. The van der Waals surface area contributed by atoms with Gasteiger partial charge in [0.1, 0.15) is 0 Å². The summed E-state index contributed by atoms with van der Waals surface area (Å²) in [6, 6.07) is 8.30. The molecule has 1 aromatic heterocycles. The first-order valence-electron chi connectivity index (χ1n) is 7.02. The van der Waals surface area contributed by atoms with E-state index in [-0.39, 0.29) is 5.69 Å². The Balaban J connectivity index is 1.97. The lowest BCUT2D eigenvalue weighted by Crippen LogP contribution is -2.10. The average Bonchev–Trinajstić information content (AvgIpc) is 2.81. The summed E-state index contributed by atoms with van der Waals surface area (Å²) in [4.78, 5) is 11.3. The molecule has 3 rings (SSSR count). The van der Waals surface area contributed by atoms with Crippen LogP contribution in [0.4, 0.5) is 0 Å². The van der Waals surface area contributed by atoms with Crippen molar-refractivity contribution in [2.24, 2.45) is 0 Å². The number of hydrogen-bond donors (Lipinski definition) is 1. The van der Waals surface area contributed by atoms with E-state index >= 15 is 0 Å². The number of benzene rings is 1. The molecule has 4 heteroatoms. The highest BCUT2D eigenvalue weighted by molar-refractivity contribution is 5.87. The van der Waals surface area contributed by atoms with Gasteiger partial charge in [-0.05, 0) is 38.2 Å². The third kappa shape index (κ3) is 2.33. The number of carbonyl (C=O) groups is 1. The Kier molecular flexibility index (Phi) is 3.30. The number of rotatable bonds is 3. The van der Waals surface area contributed by atoms with Crippen LogP contribution in [0.3, 0.4) is 0 Å². The Morgan fingerprint density at radius 1 is 1.25 bits per heavy atom. The summed E-state index contributed by atoms with van der Waals surface area (Å²) in [5.74, 6) is -0.911. The van der Waals surface area contributed by atoms with Crippen LogP contribution in [-0.4, -0.2) is 20.9 Å². The minimum Gasteiger partial charge on any atom is -0.476 e. The van der Waals surface area contributed by atoms with E-state index in [1.165, 1.54) is 5.56 Å². The number of fused-ring (bicyclic) bond motifs is 1. The van der Waals surface area contributed by atoms with Gasteiger partial charge >= 0.3 is 5.97 Å². The maximum absolute atomic E-state index is 11.3. The Morgan fingerprint density at radius 3 is 2.65 bits per heavy atom. The summed E-state index contributed by atoms with van der Waals surface area (Å²) in [5, 5.41) is 13.6. The molecule has 0 unspecified atom stereocenters. The first kappa shape index (κ1) is 12.9. The molecular weight excluding hydrogens is 252 g/mol. The van der Waals surface area contributed by atoms with Crippen molar-refractivity contribution in [2.45, 2.75) is 39.2 Å². The Morgan fingerprint density at radius 2 is 1.95 bits per heavy atom. The molecular formula is C16H18N2O2. The Hall–Kier alpha value is -2.10. The summed E-state index contributed by atoms with van der Waals surface area (Å²) < 4.78 is 1.88. The van der Waals surface area contributed by atoms with Crippen LogP contribution in [0.5, 0.6) is 0 Å². The second-order valence-corrected chi connectivity index (χ2v) is 5.43. The van der Waals surface area contributed by atoms with Crippen molar-refractivity contribution in [2.75, 3.05) is 0 Å². The van der Waals surface area contributed by atoms with Crippen LogP contribution in [0.15, 0.2) is 24.3 Å². The van der Waals surface area contributed by atoms with Gasteiger partial charge in [-0.1, -0.05) is 29.8 Å². The summed E-state index contributed by atoms with van der Waals surface area (Å²) in [6.07, 6.45) is 3.95. The van der Waals surface area contributed by atoms with E-state index in [1.807, 2.05) is 4.68 Å². The molecule has 0 spiro atoms. The minimum absolute atomic E-state index is 0.242. The first-order chi connectivity index (χ1) is 9.65. The molecule has 2 aromatic rings. The molecule has 0 aliphatic heterocycles. The van der Waals surface area contributed by atoms with Gasteiger partial charge in [0.05, 0.1) is 6.54 Å². The van der Waals surface area contributed by atoms with E-state index in [2.05, 4.69) is 36.3 Å². The Labute approximate surface area is 118 Å². The molecule has 0 saturated carbocycles. The molecule has 104 valence electrons. The molecule has 20 heavy (non-hydrogen) atoms. The quantitative estimate of drug-likeness (QED) is 0.933. The van der Waals surface area contributed by atoms with Gasteiger partial charge in [-0.2, -0.15) is 5.10 Å². The van der Waals surface area contributed by atoms with Crippen LogP contribution in [0.1, 0.15) is 45.7 Å². The lowest BCUT2D eigenvalue weighted by Gasteiger charge is -2.14. The van der Waals surface area contributed by atoms with Crippen molar-refractivity contribution in [3.63, 3.8) is 0 Å². The maximum Gasteiger partial charge on any atom is 0.356 e. The van der Waals surface area contributed by atoms with Crippen LogP contribution in [0.2, 0.25) is 0 Å². The van der Waals surface area contributed by atoms with E-state index in [0.717, 1.165) is 42.5 Å². The molecule has 0 bridgehead atoms. The molecule has 0 radical (unpaired) electrons. The van der Waals surface area contributed by atoms with Crippen LogP contribution >= 0.6 is 0 Å². The zero-order valence-corrected chi connectivity index (χ0v) is 11.6. The predicted molar refractivity (Wildman–Crippen MR) is 76.1 cm³/mol. The number of carboxylic acids is 1. The first-order valence-corrected chi connectivity index (χ1v) is 7.02. The molecule has 4 nitrogen and oxygen atoms in total. The number of nitrogens with zero attached hydrogens (tertiary/aromatic N) is 2. The zero-order chi connectivity index (χ0) is 14.1. The molecule has 0 atom stereocenters. The van der Waals surface area contributed by atoms with Gasteiger partial charge < -0.3 is 5.11 Å².